The van der Waals surface area contributed by atoms with Crippen molar-refractivity contribution in [1.82, 2.24) is 9.88 Å². The molecule has 0 radical (unpaired) electrons. The number of pyridine rings is 1. The van der Waals surface area contributed by atoms with Crippen molar-refractivity contribution in [2.75, 3.05) is 19.4 Å². The Balaban J connectivity index is 2.03. The van der Waals surface area contributed by atoms with Crippen LogP contribution in [0, 0.1) is 0 Å². The van der Waals surface area contributed by atoms with Gasteiger partial charge in [0, 0.05) is 24.7 Å². The Bertz CT molecular complexity index is 602. The van der Waals surface area contributed by atoms with Gasteiger partial charge in [-0.15, -0.1) is 0 Å². The molecule has 6 heteroatoms. The van der Waals surface area contributed by atoms with E-state index < -0.39 is 0 Å². The molecule has 0 fully saturated rings. The first-order valence-corrected chi connectivity index (χ1v) is 7.54. The van der Waals surface area contributed by atoms with Crippen LogP contribution >= 0.6 is 27.7 Å². The van der Waals surface area contributed by atoms with E-state index in [-0.39, 0.29) is 6.03 Å². The predicted octanol–water partition coefficient (Wildman–Crippen LogP) is 4.09. The Hall–Kier alpha value is -1.53. The highest BCUT2D eigenvalue weighted by Gasteiger charge is 2.04. The number of carbonyl (C=O) groups excluding carboxylic acids is 1. The lowest BCUT2D eigenvalue weighted by atomic mass is 10.3. The standard InChI is InChI=1S/C14H14BrN3OS/c1-18(2)14(19)16-10-6-8-11(9-7-10)20-13-5-3-4-12(15)17-13/h3-9H,1-2H3,(H,16,19). The lowest BCUT2D eigenvalue weighted by Crippen LogP contribution is -2.27. The second-order valence-corrected chi connectivity index (χ2v) is 6.16. The summed E-state index contributed by atoms with van der Waals surface area (Å²) in [5.74, 6) is 0. The number of aromatic nitrogens is 1. The fourth-order valence-electron chi connectivity index (χ4n) is 1.41. The van der Waals surface area contributed by atoms with Crippen LogP contribution in [0.5, 0.6) is 0 Å². The first-order valence-electron chi connectivity index (χ1n) is 5.93. The van der Waals surface area contributed by atoms with E-state index in [9.17, 15) is 4.79 Å². The maximum absolute atomic E-state index is 11.5. The van der Waals surface area contributed by atoms with Gasteiger partial charge in [0.05, 0.1) is 0 Å². The number of nitrogens with one attached hydrogen (secondary N) is 1. The van der Waals surface area contributed by atoms with Gasteiger partial charge < -0.3 is 10.2 Å². The van der Waals surface area contributed by atoms with Gasteiger partial charge in [0.15, 0.2) is 0 Å². The summed E-state index contributed by atoms with van der Waals surface area (Å²) in [7, 11) is 3.41. The van der Waals surface area contributed by atoms with Gasteiger partial charge in [0.25, 0.3) is 0 Å². The number of halogens is 1. The fourth-order valence-corrected chi connectivity index (χ4v) is 2.67. The summed E-state index contributed by atoms with van der Waals surface area (Å²) in [4.78, 5) is 18.4. The van der Waals surface area contributed by atoms with Crippen LogP contribution in [0.15, 0.2) is 57.0 Å². The summed E-state index contributed by atoms with van der Waals surface area (Å²) in [6.07, 6.45) is 0. The highest BCUT2D eigenvalue weighted by molar-refractivity contribution is 9.10. The minimum atomic E-state index is -0.140. The summed E-state index contributed by atoms with van der Waals surface area (Å²) in [6.45, 7) is 0. The Morgan fingerprint density at radius 2 is 1.90 bits per heavy atom. The Kier molecular flexibility index (Phi) is 5.03. The zero-order chi connectivity index (χ0) is 14.5. The topological polar surface area (TPSA) is 45.2 Å². The van der Waals surface area contributed by atoms with E-state index >= 15 is 0 Å². The van der Waals surface area contributed by atoms with Crippen molar-refractivity contribution in [2.45, 2.75) is 9.92 Å². The smallest absolute Gasteiger partial charge is 0.321 e. The Morgan fingerprint density at radius 3 is 2.50 bits per heavy atom. The molecule has 2 amide bonds. The molecule has 0 aliphatic rings. The van der Waals surface area contributed by atoms with E-state index in [0.29, 0.717) is 0 Å². The molecule has 0 unspecified atom stereocenters. The van der Waals surface area contributed by atoms with E-state index in [1.807, 2.05) is 42.5 Å². The number of urea groups is 1. The maximum atomic E-state index is 11.5. The normalized spacial score (nSPS) is 10.2. The highest BCUT2D eigenvalue weighted by Crippen LogP contribution is 2.27. The molecule has 0 saturated heterocycles. The molecular formula is C14H14BrN3OS. The van der Waals surface area contributed by atoms with Crippen molar-refractivity contribution in [3.63, 3.8) is 0 Å². The van der Waals surface area contributed by atoms with E-state index in [2.05, 4.69) is 26.2 Å². The van der Waals surface area contributed by atoms with Gasteiger partial charge in [-0.1, -0.05) is 17.8 Å². The van der Waals surface area contributed by atoms with Gasteiger partial charge in [-0.05, 0) is 52.3 Å². The molecule has 2 rings (SSSR count). The average molecular weight is 352 g/mol. The monoisotopic (exact) mass is 351 g/mol. The third-order valence-electron chi connectivity index (χ3n) is 2.42. The SMILES string of the molecule is CN(C)C(=O)Nc1ccc(Sc2cccc(Br)n2)cc1. The molecule has 0 bridgehead atoms. The molecule has 0 saturated carbocycles. The second-order valence-electron chi connectivity index (χ2n) is 4.25. The lowest BCUT2D eigenvalue weighted by molar-refractivity contribution is 0.230. The summed E-state index contributed by atoms with van der Waals surface area (Å²) < 4.78 is 0.817. The largest absolute Gasteiger partial charge is 0.331 e. The van der Waals surface area contributed by atoms with Crippen molar-refractivity contribution in [3.05, 3.63) is 47.1 Å². The number of hydrogen-bond donors (Lipinski definition) is 1. The quantitative estimate of drug-likeness (QED) is 0.847. The first-order chi connectivity index (χ1) is 9.54. The number of nitrogens with zero attached hydrogens (tertiary/aromatic N) is 2. The maximum Gasteiger partial charge on any atom is 0.321 e. The molecule has 2 aromatic rings. The van der Waals surface area contributed by atoms with E-state index in [1.54, 1.807) is 25.9 Å². The molecule has 0 aliphatic carbocycles. The predicted molar refractivity (Wildman–Crippen MR) is 85.2 cm³/mol. The molecule has 0 aliphatic heterocycles. The summed E-state index contributed by atoms with van der Waals surface area (Å²) in [5, 5.41) is 3.72. The molecule has 1 aromatic heterocycles. The van der Waals surface area contributed by atoms with Crippen LogP contribution in [0.2, 0.25) is 0 Å². The van der Waals surface area contributed by atoms with Gasteiger partial charge in [0.2, 0.25) is 0 Å². The Morgan fingerprint density at radius 1 is 1.20 bits per heavy atom. The number of anilines is 1. The highest BCUT2D eigenvalue weighted by atomic mass is 79.9. The summed E-state index contributed by atoms with van der Waals surface area (Å²) >= 11 is 4.92. The minimum absolute atomic E-state index is 0.140. The third kappa shape index (κ3) is 4.25. The zero-order valence-corrected chi connectivity index (χ0v) is 13.5. The van der Waals surface area contributed by atoms with Crippen molar-refractivity contribution < 1.29 is 4.79 Å². The molecule has 0 spiro atoms. The summed E-state index contributed by atoms with van der Waals surface area (Å²) in [5.41, 5.74) is 0.773. The van der Waals surface area contributed by atoms with Gasteiger partial charge in [0.1, 0.15) is 9.63 Å². The van der Waals surface area contributed by atoms with E-state index in [1.165, 1.54) is 4.90 Å². The van der Waals surface area contributed by atoms with Gasteiger partial charge >= 0.3 is 6.03 Å². The van der Waals surface area contributed by atoms with Crippen LogP contribution in [-0.4, -0.2) is 30.0 Å². The minimum Gasteiger partial charge on any atom is -0.331 e. The Labute approximate surface area is 130 Å². The van der Waals surface area contributed by atoms with Gasteiger partial charge in [-0.25, -0.2) is 9.78 Å². The number of hydrogen-bond acceptors (Lipinski definition) is 3. The number of carbonyl (C=O) groups is 1. The van der Waals surface area contributed by atoms with Gasteiger partial charge in [-0.3, -0.25) is 0 Å². The number of benzene rings is 1. The van der Waals surface area contributed by atoms with Crippen molar-refractivity contribution in [1.29, 1.82) is 0 Å². The van der Waals surface area contributed by atoms with E-state index in [4.69, 9.17) is 0 Å². The fraction of sp³-hybridized carbons (Fsp3) is 0.143. The molecule has 104 valence electrons. The van der Waals surface area contributed by atoms with Crippen molar-refractivity contribution in [3.8, 4) is 0 Å². The van der Waals surface area contributed by atoms with Crippen LogP contribution in [0.1, 0.15) is 0 Å². The molecule has 20 heavy (non-hydrogen) atoms. The van der Waals surface area contributed by atoms with Crippen molar-refractivity contribution in [2.24, 2.45) is 0 Å². The molecule has 4 nitrogen and oxygen atoms in total. The van der Waals surface area contributed by atoms with Crippen LogP contribution in [-0.2, 0) is 0 Å². The van der Waals surface area contributed by atoms with Gasteiger partial charge in [-0.2, -0.15) is 0 Å². The first kappa shape index (κ1) is 14.9. The van der Waals surface area contributed by atoms with Crippen LogP contribution in [0.3, 0.4) is 0 Å². The van der Waals surface area contributed by atoms with Crippen LogP contribution in [0.4, 0.5) is 10.5 Å². The van der Waals surface area contributed by atoms with Crippen LogP contribution < -0.4 is 5.32 Å². The molecule has 1 aromatic carbocycles. The van der Waals surface area contributed by atoms with E-state index in [0.717, 1.165) is 20.2 Å². The summed E-state index contributed by atoms with van der Waals surface area (Å²) in [6, 6.07) is 13.3. The zero-order valence-electron chi connectivity index (χ0n) is 11.1. The third-order valence-corrected chi connectivity index (χ3v) is 3.81. The molecule has 1 heterocycles. The molecule has 0 atom stereocenters. The van der Waals surface area contributed by atoms with Crippen LogP contribution in [0.25, 0.3) is 0 Å². The molecular weight excluding hydrogens is 338 g/mol. The second kappa shape index (κ2) is 6.76. The molecule has 1 N–H and O–H groups in total. The number of amides is 2. The van der Waals surface area contributed by atoms with Crippen molar-refractivity contribution >= 4 is 39.4 Å². The lowest BCUT2D eigenvalue weighted by Gasteiger charge is -2.12. The average Bonchev–Trinajstić information content (AvgIpc) is 2.41. The number of rotatable bonds is 3.